The van der Waals surface area contributed by atoms with E-state index in [1.165, 1.54) is 5.56 Å². The van der Waals surface area contributed by atoms with Gasteiger partial charge in [0.1, 0.15) is 5.75 Å². The van der Waals surface area contributed by atoms with Gasteiger partial charge in [0.2, 0.25) is 0 Å². The average Bonchev–Trinajstić information content (AvgIpc) is 2.20. The lowest BCUT2D eigenvalue weighted by atomic mass is 10.0. The predicted molar refractivity (Wildman–Crippen MR) is 62.7 cm³/mol. The van der Waals surface area contributed by atoms with E-state index < -0.39 is 0 Å². The van der Waals surface area contributed by atoms with Crippen molar-refractivity contribution in [3.8, 4) is 5.75 Å². The van der Waals surface area contributed by atoms with Gasteiger partial charge in [-0.2, -0.15) is 0 Å². The van der Waals surface area contributed by atoms with Crippen molar-refractivity contribution in [3.63, 3.8) is 0 Å². The maximum atomic E-state index is 5.46. The maximum Gasteiger partial charge on any atom is 0.146 e. The Labute approximate surface area is 92.7 Å². The van der Waals surface area contributed by atoms with Crippen LogP contribution in [0.25, 0.3) is 0 Å². The number of nitrogen functional groups attached to an aromatic ring is 1. The van der Waals surface area contributed by atoms with E-state index in [9.17, 15) is 0 Å². The molecule has 0 unspecified atom stereocenters. The van der Waals surface area contributed by atoms with Crippen LogP contribution in [-0.4, -0.2) is 7.11 Å². The van der Waals surface area contributed by atoms with Gasteiger partial charge in [-0.1, -0.05) is 15.9 Å². The summed E-state index contributed by atoms with van der Waals surface area (Å²) in [4.78, 5) is 0. The molecule has 0 amide bonds. The number of hydrazine groups is 1. The summed E-state index contributed by atoms with van der Waals surface area (Å²) in [7, 11) is 1.65. The van der Waals surface area contributed by atoms with E-state index >= 15 is 0 Å². The number of ether oxygens (including phenoxy) is 1. The number of hydrogen-bond donors (Lipinski definition) is 2. The van der Waals surface area contributed by atoms with E-state index in [4.69, 9.17) is 10.6 Å². The fourth-order valence-corrected chi connectivity index (χ4v) is 2.01. The van der Waals surface area contributed by atoms with Gasteiger partial charge in [0, 0.05) is 4.47 Å². The van der Waals surface area contributed by atoms with Crippen molar-refractivity contribution >= 4 is 21.6 Å². The maximum absolute atomic E-state index is 5.46. The third-order valence-corrected chi connectivity index (χ3v) is 3.70. The second-order valence-electron chi connectivity index (χ2n) is 3.24. The van der Waals surface area contributed by atoms with Gasteiger partial charge in [-0.05, 0) is 37.5 Å². The normalized spacial score (nSPS) is 10.1. The molecule has 1 aromatic rings. The second-order valence-corrected chi connectivity index (χ2v) is 4.03. The largest absolute Gasteiger partial charge is 0.494 e. The Hall–Kier alpha value is -0.740. The van der Waals surface area contributed by atoms with Gasteiger partial charge >= 0.3 is 0 Å². The zero-order valence-corrected chi connectivity index (χ0v) is 10.4. The Balaban J connectivity index is 3.57. The Bertz CT molecular complexity index is 329. The molecule has 0 aliphatic rings. The van der Waals surface area contributed by atoms with Crippen molar-refractivity contribution < 1.29 is 4.74 Å². The van der Waals surface area contributed by atoms with Crippen LogP contribution in [0.3, 0.4) is 0 Å². The monoisotopic (exact) mass is 258 g/mol. The lowest BCUT2D eigenvalue weighted by Crippen LogP contribution is -2.11. The smallest absolute Gasteiger partial charge is 0.146 e. The minimum atomic E-state index is 0.811. The third-order valence-electron chi connectivity index (χ3n) is 2.51. The van der Waals surface area contributed by atoms with Crippen molar-refractivity contribution in [1.82, 2.24) is 0 Å². The first kappa shape index (κ1) is 11.3. The summed E-state index contributed by atoms with van der Waals surface area (Å²) in [5.74, 6) is 6.27. The molecule has 3 N–H and O–H groups in total. The van der Waals surface area contributed by atoms with Gasteiger partial charge in [0.25, 0.3) is 0 Å². The molecule has 0 fully saturated rings. The first-order chi connectivity index (χ1) is 6.54. The molecule has 0 radical (unpaired) electrons. The Morgan fingerprint density at radius 3 is 2.14 bits per heavy atom. The lowest BCUT2D eigenvalue weighted by Gasteiger charge is -2.17. The Morgan fingerprint density at radius 2 is 1.71 bits per heavy atom. The number of methoxy groups -OCH3 is 1. The Kier molecular flexibility index (Phi) is 3.39. The molecule has 4 heteroatoms. The molecule has 1 rings (SSSR count). The van der Waals surface area contributed by atoms with Crippen LogP contribution in [0.2, 0.25) is 0 Å². The van der Waals surface area contributed by atoms with E-state index in [2.05, 4.69) is 28.3 Å². The quantitative estimate of drug-likeness (QED) is 0.634. The minimum absolute atomic E-state index is 0.811. The van der Waals surface area contributed by atoms with Crippen LogP contribution in [0.1, 0.15) is 16.7 Å². The van der Waals surface area contributed by atoms with Crippen molar-refractivity contribution in [1.29, 1.82) is 0 Å². The van der Waals surface area contributed by atoms with Crippen LogP contribution in [0.5, 0.6) is 5.75 Å². The highest BCUT2D eigenvalue weighted by Gasteiger charge is 2.15. The molecule has 0 aromatic heterocycles. The summed E-state index contributed by atoms with van der Waals surface area (Å²) in [6, 6.07) is 0. The summed E-state index contributed by atoms with van der Waals surface area (Å²) in [5, 5.41) is 0. The van der Waals surface area contributed by atoms with E-state index in [-0.39, 0.29) is 0 Å². The number of nitrogens with one attached hydrogen (secondary N) is 1. The molecular weight excluding hydrogens is 244 g/mol. The van der Waals surface area contributed by atoms with E-state index in [0.29, 0.717) is 0 Å². The molecule has 3 nitrogen and oxygen atoms in total. The zero-order valence-electron chi connectivity index (χ0n) is 8.86. The lowest BCUT2D eigenvalue weighted by molar-refractivity contribution is 0.412. The molecule has 0 spiro atoms. The van der Waals surface area contributed by atoms with Gasteiger partial charge in [0.15, 0.2) is 0 Å². The van der Waals surface area contributed by atoms with Gasteiger partial charge in [-0.25, -0.2) is 0 Å². The summed E-state index contributed by atoms with van der Waals surface area (Å²) >= 11 is 3.53. The minimum Gasteiger partial charge on any atom is -0.494 e. The molecule has 0 bridgehead atoms. The third kappa shape index (κ3) is 1.60. The fourth-order valence-electron chi connectivity index (χ4n) is 1.51. The predicted octanol–water partition coefficient (Wildman–Crippen LogP) is 2.67. The second kappa shape index (κ2) is 4.19. The number of hydrogen-bond acceptors (Lipinski definition) is 3. The molecule has 0 saturated heterocycles. The van der Waals surface area contributed by atoms with Gasteiger partial charge in [-0.15, -0.1) is 0 Å². The molecule has 0 saturated carbocycles. The zero-order chi connectivity index (χ0) is 10.9. The number of halogens is 1. The van der Waals surface area contributed by atoms with Crippen molar-refractivity contribution in [2.45, 2.75) is 20.8 Å². The first-order valence-electron chi connectivity index (χ1n) is 4.34. The highest BCUT2D eigenvalue weighted by molar-refractivity contribution is 9.10. The number of anilines is 1. The standard InChI is InChI=1S/C10H15BrN2O/c1-5-6(2)10(14-4)9(13-12)7(3)8(5)11/h13H,12H2,1-4H3. The topological polar surface area (TPSA) is 47.3 Å². The SMILES string of the molecule is COc1c(C)c(C)c(Br)c(C)c1NN. The van der Waals surface area contributed by atoms with Crippen molar-refractivity contribution in [2.75, 3.05) is 12.5 Å². The van der Waals surface area contributed by atoms with Crippen molar-refractivity contribution in [2.24, 2.45) is 5.84 Å². The molecule has 0 atom stereocenters. The van der Waals surface area contributed by atoms with Crippen LogP contribution in [0.4, 0.5) is 5.69 Å². The highest BCUT2D eigenvalue weighted by atomic mass is 79.9. The summed E-state index contributed by atoms with van der Waals surface area (Å²) in [6.07, 6.45) is 0. The van der Waals surface area contributed by atoms with Gasteiger partial charge in [-0.3, -0.25) is 5.84 Å². The van der Waals surface area contributed by atoms with E-state index in [1.807, 2.05) is 13.8 Å². The van der Waals surface area contributed by atoms with Crippen molar-refractivity contribution in [3.05, 3.63) is 21.2 Å². The summed E-state index contributed by atoms with van der Waals surface area (Å²) in [5.41, 5.74) is 6.84. The van der Waals surface area contributed by atoms with Gasteiger partial charge in [0.05, 0.1) is 12.8 Å². The molecule has 0 aliphatic heterocycles. The fraction of sp³-hybridized carbons (Fsp3) is 0.400. The highest BCUT2D eigenvalue weighted by Crippen LogP contribution is 2.39. The molecule has 78 valence electrons. The number of nitrogens with two attached hydrogens (primary N) is 1. The average molecular weight is 259 g/mol. The molecule has 0 heterocycles. The van der Waals surface area contributed by atoms with E-state index in [1.54, 1.807) is 7.11 Å². The summed E-state index contributed by atoms with van der Waals surface area (Å²) in [6.45, 7) is 6.06. The van der Waals surface area contributed by atoms with Crippen LogP contribution < -0.4 is 16.0 Å². The van der Waals surface area contributed by atoms with Crippen LogP contribution >= 0.6 is 15.9 Å². The number of benzene rings is 1. The van der Waals surface area contributed by atoms with Crippen LogP contribution in [-0.2, 0) is 0 Å². The molecule has 14 heavy (non-hydrogen) atoms. The molecular formula is C10H15BrN2O. The van der Waals surface area contributed by atoms with E-state index in [0.717, 1.165) is 27.0 Å². The molecule has 1 aromatic carbocycles. The molecule has 0 aliphatic carbocycles. The Morgan fingerprint density at radius 1 is 1.14 bits per heavy atom. The van der Waals surface area contributed by atoms with Crippen LogP contribution in [0.15, 0.2) is 4.47 Å². The summed E-state index contributed by atoms with van der Waals surface area (Å²) < 4.78 is 6.39. The first-order valence-corrected chi connectivity index (χ1v) is 5.13. The van der Waals surface area contributed by atoms with Crippen LogP contribution in [0, 0.1) is 20.8 Å². The van der Waals surface area contributed by atoms with Gasteiger partial charge < -0.3 is 10.2 Å². The number of rotatable bonds is 2.